The van der Waals surface area contributed by atoms with Crippen molar-refractivity contribution in [3.8, 4) is 11.6 Å². The molecule has 4 nitrogen and oxygen atoms in total. The van der Waals surface area contributed by atoms with Crippen LogP contribution in [0.5, 0.6) is 11.6 Å². The summed E-state index contributed by atoms with van der Waals surface area (Å²) in [7, 11) is 0. The Morgan fingerprint density at radius 2 is 1.85 bits per heavy atom. The van der Waals surface area contributed by atoms with E-state index in [9.17, 15) is 9.18 Å². The summed E-state index contributed by atoms with van der Waals surface area (Å²) < 4.78 is 19.5. The van der Waals surface area contributed by atoms with Gasteiger partial charge < -0.3 is 10.1 Å². The molecule has 138 valence electrons. The van der Waals surface area contributed by atoms with Crippen molar-refractivity contribution in [2.75, 3.05) is 0 Å². The zero-order chi connectivity index (χ0) is 19.4. The van der Waals surface area contributed by atoms with Gasteiger partial charge in [-0.15, -0.1) is 0 Å². The van der Waals surface area contributed by atoms with Gasteiger partial charge in [-0.2, -0.15) is 0 Å². The van der Waals surface area contributed by atoms with Gasteiger partial charge in [-0.1, -0.05) is 53.5 Å². The maximum atomic E-state index is 14.0. The van der Waals surface area contributed by atoms with Crippen LogP contribution < -0.4 is 10.1 Å². The molecule has 1 N–H and O–H groups in total. The molecule has 27 heavy (non-hydrogen) atoms. The van der Waals surface area contributed by atoms with Crippen molar-refractivity contribution in [1.29, 1.82) is 0 Å². The minimum atomic E-state index is -0.664. The second-order valence-electron chi connectivity index (χ2n) is 5.79. The molecule has 2 aromatic carbocycles. The number of nitrogens with zero attached hydrogens (tertiary/aromatic N) is 1. The molecule has 1 atom stereocenters. The fourth-order valence-electron chi connectivity index (χ4n) is 2.43. The topological polar surface area (TPSA) is 51.2 Å². The van der Waals surface area contributed by atoms with E-state index < -0.39 is 11.7 Å². The van der Waals surface area contributed by atoms with Crippen molar-refractivity contribution in [1.82, 2.24) is 10.3 Å². The van der Waals surface area contributed by atoms with Crippen LogP contribution in [0.3, 0.4) is 0 Å². The van der Waals surface area contributed by atoms with E-state index in [-0.39, 0.29) is 33.3 Å². The van der Waals surface area contributed by atoms with Gasteiger partial charge >= 0.3 is 0 Å². The fraction of sp³-hybridized carbons (Fsp3) is 0.100. The molecule has 0 radical (unpaired) electrons. The lowest BCUT2D eigenvalue weighted by atomic mass is 10.1. The normalized spacial score (nSPS) is 11.7. The largest absolute Gasteiger partial charge is 0.435 e. The first-order chi connectivity index (χ1) is 12.9. The number of halogens is 3. The van der Waals surface area contributed by atoms with Gasteiger partial charge in [0.15, 0.2) is 11.6 Å². The molecule has 0 bridgehead atoms. The SMILES string of the molecule is C[C@H](NC(=O)c1cc(Cl)cnc1Oc1ccc(Cl)cc1F)c1ccccc1. The summed E-state index contributed by atoms with van der Waals surface area (Å²) in [5.74, 6) is -1.26. The van der Waals surface area contributed by atoms with E-state index in [0.717, 1.165) is 11.6 Å². The van der Waals surface area contributed by atoms with Crippen LogP contribution >= 0.6 is 23.2 Å². The van der Waals surface area contributed by atoms with Gasteiger partial charge in [0.25, 0.3) is 5.91 Å². The summed E-state index contributed by atoms with van der Waals surface area (Å²) in [6, 6.07) is 14.6. The lowest BCUT2D eigenvalue weighted by Crippen LogP contribution is -2.27. The highest BCUT2D eigenvalue weighted by Gasteiger charge is 2.19. The van der Waals surface area contributed by atoms with E-state index >= 15 is 0 Å². The van der Waals surface area contributed by atoms with Crippen molar-refractivity contribution >= 4 is 29.1 Å². The van der Waals surface area contributed by atoms with E-state index in [1.54, 1.807) is 0 Å². The van der Waals surface area contributed by atoms with Crippen LogP contribution in [0, 0.1) is 5.82 Å². The highest BCUT2D eigenvalue weighted by molar-refractivity contribution is 6.31. The molecule has 0 saturated heterocycles. The number of amides is 1. The van der Waals surface area contributed by atoms with Gasteiger partial charge in [-0.05, 0) is 36.8 Å². The Bertz CT molecular complexity index is 967. The highest BCUT2D eigenvalue weighted by atomic mass is 35.5. The number of nitrogens with one attached hydrogen (secondary N) is 1. The minimum absolute atomic E-state index is 0.0571. The molecule has 7 heteroatoms. The summed E-state index contributed by atoms with van der Waals surface area (Å²) in [6.07, 6.45) is 1.32. The van der Waals surface area contributed by atoms with Crippen LogP contribution in [0.15, 0.2) is 60.8 Å². The van der Waals surface area contributed by atoms with Crippen LogP contribution in [0.1, 0.15) is 28.9 Å². The monoisotopic (exact) mass is 404 g/mol. The maximum absolute atomic E-state index is 14.0. The summed E-state index contributed by atoms with van der Waals surface area (Å²) in [6.45, 7) is 1.85. The zero-order valence-corrected chi connectivity index (χ0v) is 15.8. The Hall–Kier alpha value is -2.63. The van der Waals surface area contributed by atoms with Crippen molar-refractivity contribution in [3.63, 3.8) is 0 Å². The van der Waals surface area contributed by atoms with Crippen molar-refractivity contribution in [3.05, 3.63) is 87.8 Å². The molecule has 1 heterocycles. The maximum Gasteiger partial charge on any atom is 0.257 e. The van der Waals surface area contributed by atoms with E-state index in [0.29, 0.717) is 0 Å². The third kappa shape index (κ3) is 4.76. The third-order valence-electron chi connectivity index (χ3n) is 3.81. The van der Waals surface area contributed by atoms with Gasteiger partial charge in [0, 0.05) is 11.2 Å². The number of rotatable bonds is 5. The van der Waals surface area contributed by atoms with E-state index in [1.807, 2.05) is 37.3 Å². The molecule has 3 rings (SSSR count). The van der Waals surface area contributed by atoms with Crippen molar-refractivity contribution in [2.24, 2.45) is 0 Å². The van der Waals surface area contributed by atoms with Gasteiger partial charge in [-0.3, -0.25) is 4.79 Å². The lowest BCUT2D eigenvalue weighted by Gasteiger charge is -2.16. The van der Waals surface area contributed by atoms with Crippen LogP contribution in [0.2, 0.25) is 10.0 Å². The summed E-state index contributed by atoms with van der Waals surface area (Å²) in [5.41, 5.74) is 1.03. The first-order valence-electron chi connectivity index (χ1n) is 8.08. The average molecular weight is 405 g/mol. The van der Waals surface area contributed by atoms with E-state index in [1.165, 1.54) is 24.4 Å². The van der Waals surface area contributed by atoms with Crippen molar-refractivity contribution in [2.45, 2.75) is 13.0 Å². The molecule has 1 amide bonds. The van der Waals surface area contributed by atoms with E-state index in [4.69, 9.17) is 27.9 Å². The molecular weight excluding hydrogens is 390 g/mol. The Morgan fingerprint density at radius 1 is 1.11 bits per heavy atom. The van der Waals surface area contributed by atoms with E-state index in [2.05, 4.69) is 10.3 Å². The molecule has 0 aliphatic carbocycles. The van der Waals surface area contributed by atoms with Crippen LogP contribution in [0.25, 0.3) is 0 Å². The molecule has 1 aromatic heterocycles. The van der Waals surface area contributed by atoms with Crippen LogP contribution in [-0.4, -0.2) is 10.9 Å². The quantitative estimate of drug-likeness (QED) is 0.583. The van der Waals surface area contributed by atoms with Crippen molar-refractivity contribution < 1.29 is 13.9 Å². The fourth-order valence-corrected chi connectivity index (χ4v) is 2.75. The number of ether oxygens (including phenoxy) is 1. The molecule has 0 spiro atoms. The predicted octanol–water partition coefficient (Wildman–Crippen LogP) is 5.81. The summed E-state index contributed by atoms with van der Waals surface area (Å²) in [5, 5.41) is 3.35. The number of pyridine rings is 1. The van der Waals surface area contributed by atoms with Gasteiger partial charge in [0.1, 0.15) is 5.56 Å². The Balaban J connectivity index is 1.86. The summed E-state index contributed by atoms with van der Waals surface area (Å²) >= 11 is 11.7. The standard InChI is InChI=1S/C20H15Cl2FN2O2/c1-12(13-5-3-2-4-6-13)25-19(26)16-9-15(22)11-24-20(16)27-18-8-7-14(21)10-17(18)23/h2-12H,1H3,(H,25,26)/t12-/m0/s1. The Labute approximate surface area is 165 Å². The zero-order valence-electron chi connectivity index (χ0n) is 14.2. The predicted molar refractivity (Wildman–Crippen MR) is 103 cm³/mol. The number of carbonyl (C=O) groups excluding carboxylic acids is 1. The van der Waals surface area contributed by atoms with Crippen LogP contribution in [-0.2, 0) is 0 Å². The Morgan fingerprint density at radius 3 is 2.56 bits per heavy atom. The smallest absolute Gasteiger partial charge is 0.257 e. The molecule has 0 aliphatic heterocycles. The third-order valence-corrected chi connectivity index (χ3v) is 4.25. The lowest BCUT2D eigenvalue weighted by molar-refractivity contribution is 0.0936. The number of hydrogen-bond donors (Lipinski definition) is 1. The highest BCUT2D eigenvalue weighted by Crippen LogP contribution is 2.29. The number of carbonyl (C=O) groups is 1. The van der Waals surface area contributed by atoms with Crippen LogP contribution in [0.4, 0.5) is 4.39 Å². The molecule has 0 fully saturated rings. The molecule has 3 aromatic rings. The van der Waals surface area contributed by atoms with Gasteiger partial charge in [-0.25, -0.2) is 9.37 Å². The first kappa shape index (κ1) is 19.1. The second-order valence-corrected chi connectivity index (χ2v) is 6.66. The number of hydrogen-bond acceptors (Lipinski definition) is 3. The van der Waals surface area contributed by atoms with Gasteiger partial charge in [0.2, 0.25) is 5.88 Å². The van der Waals surface area contributed by atoms with Gasteiger partial charge in [0.05, 0.1) is 11.1 Å². The molecule has 0 unspecified atom stereocenters. The average Bonchev–Trinajstić information content (AvgIpc) is 2.65. The minimum Gasteiger partial charge on any atom is -0.435 e. The second kappa shape index (κ2) is 8.37. The number of aromatic nitrogens is 1. The summed E-state index contributed by atoms with van der Waals surface area (Å²) in [4.78, 5) is 16.7. The number of benzene rings is 2. The molecule has 0 saturated carbocycles. The molecular formula is C20H15Cl2FN2O2. The first-order valence-corrected chi connectivity index (χ1v) is 8.84. The Kier molecular flexibility index (Phi) is 5.94. The molecule has 0 aliphatic rings.